The highest BCUT2D eigenvalue weighted by Crippen LogP contribution is 2.43. The average Bonchev–Trinajstić information content (AvgIpc) is 3.41. The summed E-state index contributed by atoms with van der Waals surface area (Å²) in [5.41, 5.74) is 2.63. The van der Waals surface area contributed by atoms with Crippen LogP contribution in [-0.2, 0) is 15.0 Å². The molecule has 0 spiro atoms. The van der Waals surface area contributed by atoms with Crippen LogP contribution in [0.3, 0.4) is 0 Å². The first-order chi connectivity index (χ1) is 16.1. The highest BCUT2D eigenvalue weighted by Gasteiger charge is 2.48. The summed E-state index contributed by atoms with van der Waals surface area (Å²) >= 11 is 0. The topological polar surface area (TPSA) is 80.0 Å². The molecule has 1 saturated heterocycles. The van der Waals surface area contributed by atoms with Gasteiger partial charge in [-0.25, -0.2) is 0 Å². The second-order valence-electron chi connectivity index (χ2n) is 9.41. The molecule has 0 radical (unpaired) electrons. The quantitative estimate of drug-likeness (QED) is 0.291. The van der Waals surface area contributed by atoms with Gasteiger partial charge < -0.3 is 14.3 Å². The second kappa shape index (κ2) is 8.86. The van der Waals surface area contributed by atoms with Crippen LogP contribution in [0.15, 0.2) is 70.9 Å². The predicted octanol–water partition coefficient (Wildman–Crippen LogP) is 5.91. The average molecular weight is 460 g/mol. The zero-order valence-electron chi connectivity index (χ0n) is 20.1. The fourth-order valence-electron chi connectivity index (χ4n) is 4.22. The van der Waals surface area contributed by atoms with Crippen LogP contribution in [0, 0.1) is 6.92 Å². The highest BCUT2D eigenvalue weighted by molar-refractivity contribution is 6.51. The monoisotopic (exact) mass is 459 g/mol. The number of ketones is 1. The molecule has 1 aliphatic heterocycles. The van der Waals surface area contributed by atoms with Gasteiger partial charge in [-0.15, -0.1) is 0 Å². The fourth-order valence-corrected chi connectivity index (χ4v) is 4.22. The van der Waals surface area contributed by atoms with Gasteiger partial charge in [-0.1, -0.05) is 38.5 Å². The van der Waals surface area contributed by atoms with Crippen molar-refractivity contribution in [2.24, 2.45) is 0 Å². The summed E-state index contributed by atoms with van der Waals surface area (Å²) in [6.45, 7) is 10.5. The molecule has 1 fully saturated rings. The van der Waals surface area contributed by atoms with Crippen LogP contribution >= 0.6 is 0 Å². The Hall–Kier alpha value is -3.80. The van der Waals surface area contributed by atoms with E-state index in [1.165, 1.54) is 11.2 Å². The van der Waals surface area contributed by atoms with E-state index in [4.69, 9.17) is 9.15 Å². The molecule has 1 aliphatic rings. The molecule has 3 aromatic rings. The third-order valence-corrected chi connectivity index (χ3v) is 5.93. The summed E-state index contributed by atoms with van der Waals surface area (Å²) in [6.07, 6.45) is 1.49. The van der Waals surface area contributed by atoms with E-state index in [0.717, 1.165) is 11.1 Å². The Morgan fingerprint density at radius 2 is 1.79 bits per heavy atom. The molecule has 0 aliphatic carbocycles. The molecule has 0 saturated carbocycles. The Morgan fingerprint density at radius 3 is 2.38 bits per heavy atom. The van der Waals surface area contributed by atoms with Gasteiger partial charge in [0.1, 0.15) is 23.3 Å². The van der Waals surface area contributed by atoms with Crippen molar-refractivity contribution < 1.29 is 23.8 Å². The summed E-state index contributed by atoms with van der Waals surface area (Å²) in [4.78, 5) is 27.8. The van der Waals surface area contributed by atoms with Crippen molar-refractivity contribution in [3.05, 3.63) is 88.9 Å². The first-order valence-electron chi connectivity index (χ1n) is 11.3. The third-order valence-electron chi connectivity index (χ3n) is 5.93. The van der Waals surface area contributed by atoms with Gasteiger partial charge in [-0.2, -0.15) is 0 Å². The normalized spacial score (nSPS) is 17.9. The van der Waals surface area contributed by atoms with Gasteiger partial charge in [0, 0.05) is 16.8 Å². The smallest absolute Gasteiger partial charge is 0.300 e. The first-order valence-corrected chi connectivity index (χ1v) is 11.3. The minimum atomic E-state index is -0.887. The SMILES string of the molecule is CCOc1ccc(/C(O)=C2/C(=O)C(=O)N(c3ccc(C)cc3)C2c2ccco2)cc1C(C)(C)C. The van der Waals surface area contributed by atoms with Gasteiger partial charge in [0.2, 0.25) is 0 Å². The molecule has 1 atom stereocenters. The van der Waals surface area contributed by atoms with Crippen LogP contribution in [0.5, 0.6) is 5.75 Å². The lowest BCUT2D eigenvalue weighted by Gasteiger charge is -2.25. The van der Waals surface area contributed by atoms with Crippen LogP contribution in [0.2, 0.25) is 0 Å². The van der Waals surface area contributed by atoms with Gasteiger partial charge in [-0.05, 0) is 61.7 Å². The Balaban J connectivity index is 1.91. The number of hydrogen-bond acceptors (Lipinski definition) is 5. The second-order valence-corrected chi connectivity index (χ2v) is 9.41. The Bertz CT molecular complexity index is 1250. The molecule has 2 heterocycles. The number of hydrogen-bond donors (Lipinski definition) is 1. The van der Waals surface area contributed by atoms with E-state index in [1.807, 2.05) is 52.8 Å². The molecule has 1 N–H and O–H groups in total. The number of amides is 1. The standard InChI is InChI=1S/C28H29NO5/c1-6-33-21-14-11-18(16-20(21)28(3,4)5)25(30)23-24(22-8-7-15-34-22)29(27(32)26(23)31)19-12-9-17(2)10-13-19/h7-16,24,30H,6H2,1-5H3/b25-23-. The highest BCUT2D eigenvalue weighted by atomic mass is 16.5. The van der Waals surface area contributed by atoms with Crippen molar-refractivity contribution in [2.75, 3.05) is 11.5 Å². The number of rotatable bonds is 5. The van der Waals surface area contributed by atoms with Crippen molar-refractivity contribution in [2.45, 2.75) is 46.1 Å². The lowest BCUT2D eigenvalue weighted by atomic mass is 9.84. The molecule has 176 valence electrons. The molecule has 34 heavy (non-hydrogen) atoms. The van der Waals surface area contributed by atoms with E-state index in [0.29, 0.717) is 29.4 Å². The Kier molecular flexibility index (Phi) is 6.09. The Labute approximate surface area is 199 Å². The number of carbonyl (C=O) groups is 2. The number of anilines is 1. The number of nitrogens with zero attached hydrogens (tertiary/aromatic N) is 1. The van der Waals surface area contributed by atoms with E-state index in [-0.39, 0.29) is 16.7 Å². The van der Waals surface area contributed by atoms with E-state index >= 15 is 0 Å². The van der Waals surface area contributed by atoms with E-state index in [2.05, 4.69) is 0 Å². The maximum Gasteiger partial charge on any atom is 0.300 e. The van der Waals surface area contributed by atoms with E-state index in [9.17, 15) is 14.7 Å². The minimum absolute atomic E-state index is 0.00968. The van der Waals surface area contributed by atoms with Crippen LogP contribution < -0.4 is 9.64 Å². The number of carbonyl (C=O) groups excluding carboxylic acids is 2. The van der Waals surface area contributed by atoms with Gasteiger partial charge >= 0.3 is 0 Å². The fraction of sp³-hybridized carbons (Fsp3) is 0.286. The van der Waals surface area contributed by atoms with Gasteiger partial charge in [0.05, 0.1) is 18.4 Å². The van der Waals surface area contributed by atoms with E-state index in [1.54, 1.807) is 36.4 Å². The minimum Gasteiger partial charge on any atom is -0.507 e. The first kappa shape index (κ1) is 23.4. The van der Waals surface area contributed by atoms with Crippen LogP contribution in [0.4, 0.5) is 5.69 Å². The number of aliphatic hydroxyl groups excluding tert-OH is 1. The number of aryl methyl sites for hydroxylation is 1. The van der Waals surface area contributed by atoms with Crippen LogP contribution in [0.1, 0.15) is 56.2 Å². The zero-order valence-corrected chi connectivity index (χ0v) is 20.1. The molecule has 1 amide bonds. The number of aliphatic hydroxyl groups is 1. The molecular weight excluding hydrogens is 430 g/mol. The number of furan rings is 1. The summed E-state index contributed by atoms with van der Waals surface area (Å²) in [5, 5.41) is 11.4. The number of Topliss-reactive ketones (excluding diaryl/α,β-unsaturated/α-hetero) is 1. The van der Waals surface area contributed by atoms with Crippen molar-refractivity contribution in [3.8, 4) is 5.75 Å². The summed E-state index contributed by atoms with van der Waals surface area (Å²) in [5.74, 6) is -0.611. The summed E-state index contributed by atoms with van der Waals surface area (Å²) in [6, 6.07) is 15.1. The van der Waals surface area contributed by atoms with Crippen molar-refractivity contribution >= 4 is 23.1 Å². The molecule has 6 heteroatoms. The van der Waals surface area contributed by atoms with Crippen LogP contribution in [-0.4, -0.2) is 23.4 Å². The lowest BCUT2D eigenvalue weighted by Crippen LogP contribution is -2.29. The maximum atomic E-state index is 13.3. The largest absolute Gasteiger partial charge is 0.507 e. The van der Waals surface area contributed by atoms with Gasteiger partial charge in [0.15, 0.2) is 0 Å². The predicted molar refractivity (Wildman–Crippen MR) is 131 cm³/mol. The van der Waals surface area contributed by atoms with Crippen molar-refractivity contribution in [1.29, 1.82) is 0 Å². The molecule has 6 nitrogen and oxygen atoms in total. The van der Waals surface area contributed by atoms with Gasteiger partial charge in [0.25, 0.3) is 11.7 Å². The summed E-state index contributed by atoms with van der Waals surface area (Å²) in [7, 11) is 0. The van der Waals surface area contributed by atoms with Crippen molar-refractivity contribution in [1.82, 2.24) is 0 Å². The zero-order chi connectivity index (χ0) is 24.6. The summed E-state index contributed by atoms with van der Waals surface area (Å²) < 4.78 is 11.4. The van der Waals surface area contributed by atoms with Crippen LogP contribution in [0.25, 0.3) is 5.76 Å². The molecule has 1 aromatic heterocycles. The molecule has 1 unspecified atom stereocenters. The molecule has 2 aromatic carbocycles. The number of ether oxygens (including phenoxy) is 1. The third kappa shape index (κ3) is 4.12. The van der Waals surface area contributed by atoms with E-state index < -0.39 is 17.7 Å². The Morgan fingerprint density at radius 1 is 1.09 bits per heavy atom. The maximum absolute atomic E-state index is 13.3. The molecular formula is C28H29NO5. The van der Waals surface area contributed by atoms with Crippen molar-refractivity contribution in [3.63, 3.8) is 0 Å². The van der Waals surface area contributed by atoms with Gasteiger partial charge in [-0.3, -0.25) is 14.5 Å². The lowest BCUT2D eigenvalue weighted by molar-refractivity contribution is -0.132. The molecule has 0 bridgehead atoms. The number of benzene rings is 2. The molecule has 4 rings (SSSR count).